The average Bonchev–Trinajstić information content (AvgIpc) is 2.53. The summed E-state index contributed by atoms with van der Waals surface area (Å²) in [6.07, 6.45) is 2.14. The molecule has 0 saturated heterocycles. The van der Waals surface area contributed by atoms with Crippen molar-refractivity contribution in [2.24, 2.45) is 0 Å². The van der Waals surface area contributed by atoms with Crippen molar-refractivity contribution < 1.29 is 19.1 Å². The first-order chi connectivity index (χ1) is 10.6. The number of carbonyl (C=O) groups is 2. The van der Waals surface area contributed by atoms with Gasteiger partial charge in [0.25, 0.3) is 0 Å². The Kier molecular flexibility index (Phi) is 7.81. The van der Waals surface area contributed by atoms with E-state index in [2.05, 4.69) is 17.6 Å². The molecule has 1 aromatic carbocycles. The summed E-state index contributed by atoms with van der Waals surface area (Å²) >= 11 is 0. The zero-order valence-electron chi connectivity index (χ0n) is 13.4. The highest BCUT2D eigenvalue weighted by atomic mass is 16.5. The summed E-state index contributed by atoms with van der Waals surface area (Å²) in [6, 6.07) is 5.29. The molecule has 6 heteroatoms. The minimum absolute atomic E-state index is 0.00413. The quantitative estimate of drug-likeness (QED) is 0.674. The number of rotatable bonds is 9. The molecule has 0 spiro atoms. The zero-order chi connectivity index (χ0) is 16.4. The Bertz CT molecular complexity index is 503. The largest absolute Gasteiger partial charge is 0.493 e. The number of hydrogen-bond donors (Lipinski definition) is 2. The van der Waals surface area contributed by atoms with Crippen LogP contribution in [0.15, 0.2) is 18.2 Å². The second kappa shape index (κ2) is 9.65. The molecule has 0 unspecified atom stereocenters. The molecule has 0 atom stereocenters. The molecule has 0 heterocycles. The van der Waals surface area contributed by atoms with Crippen LogP contribution < -0.4 is 20.1 Å². The number of methoxy groups -OCH3 is 2. The van der Waals surface area contributed by atoms with Crippen molar-refractivity contribution in [2.75, 3.05) is 27.3 Å². The van der Waals surface area contributed by atoms with Gasteiger partial charge < -0.3 is 20.1 Å². The maximum absolute atomic E-state index is 11.8. The molecule has 0 fully saturated rings. The number of hydrogen-bond acceptors (Lipinski definition) is 4. The van der Waals surface area contributed by atoms with E-state index in [9.17, 15) is 9.59 Å². The predicted molar refractivity (Wildman–Crippen MR) is 84.2 cm³/mol. The maximum atomic E-state index is 11.8. The standard InChI is InChI=1S/C16H24N2O4/c1-4-5-8-17-16(20)11-18-15(19)10-12-6-7-13(21-2)14(9-12)22-3/h6-7,9H,4-5,8,10-11H2,1-3H3,(H,17,20)(H,18,19). The molecule has 0 saturated carbocycles. The van der Waals surface area contributed by atoms with Crippen molar-refractivity contribution in [1.82, 2.24) is 10.6 Å². The lowest BCUT2D eigenvalue weighted by Gasteiger charge is -2.10. The Hall–Kier alpha value is -2.24. The van der Waals surface area contributed by atoms with Gasteiger partial charge in [0.1, 0.15) is 0 Å². The van der Waals surface area contributed by atoms with Gasteiger partial charge in [0.2, 0.25) is 11.8 Å². The molecule has 0 aliphatic carbocycles. The highest BCUT2D eigenvalue weighted by molar-refractivity contribution is 5.85. The van der Waals surface area contributed by atoms with Gasteiger partial charge in [-0.1, -0.05) is 19.4 Å². The van der Waals surface area contributed by atoms with Crippen molar-refractivity contribution in [1.29, 1.82) is 0 Å². The van der Waals surface area contributed by atoms with Gasteiger partial charge in [-0.2, -0.15) is 0 Å². The molecule has 2 amide bonds. The first kappa shape index (κ1) is 17.8. The molecule has 122 valence electrons. The van der Waals surface area contributed by atoms with Gasteiger partial charge in [-0.25, -0.2) is 0 Å². The lowest BCUT2D eigenvalue weighted by atomic mass is 10.1. The lowest BCUT2D eigenvalue weighted by molar-refractivity contribution is -0.125. The molecule has 22 heavy (non-hydrogen) atoms. The Labute approximate surface area is 131 Å². The summed E-state index contributed by atoms with van der Waals surface area (Å²) < 4.78 is 10.3. The summed E-state index contributed by atoms with van der Waals surface area (Å²) in [4.78, 5) is 23.3. The number of amides is 2. The summed E-state index contributed by atoms with van der Waals surface area (Å²) in [6.45, 7) is 2.69. The molecular weight excluding hydrogens is 284 g/mol. The molecule has 0 bridgehead atoms. The fourth-order valence-electron chi connectivity index (χ4n) is 1.88. The van der Waals surface area contributed by atoms with Gasteiger partial charge in [-0.3, -0.25) is 9.59 Å². The van der Waals surface area contributed by atoms with Crippen molar-refractivity contribution >= 4 is 11.8 Å². The van der Waals surface area contributed by atoms with E-state index in [-0.39, 0.29) is 24.8 Å². The van der Waals surface area contributed by atoms with Gasteiger partial charge in [0, 0.05) is 6.54 Å². The molecular formula is C16H24N2O4. The van der Waals surface area contributed by atoms with Crippen molar-refractivity contribution in [2.45, 2.75) is 26.2 Å². The van der Waals surface area contributed by atoms with Gasteiger partial charge in [0.15, 0.2) is 11.5 Å². The molecule has 1 rings (SSSR count). The Morgan fingerprint density at radius 1 is 1.05 bits per heavy atom. The van der Waals surface area contributed by atoms with Gasteiger partial charge >= 0.3 is 0 Å². The number of unbranched alkanes of at least 4 members (excludes halogenated alkanes) is 1. The van der Waals surface area contributed by atoms with E-state index >= 15 is 0 Å². The Morgan fingerprint density at radius 3 is 2.41 bits per heavy atom. The highest BCUT2D eigenvalue weighted by Gasteiger charge is 2.09. The van der Waals surface area contributed by atoms with Crippen molar-refractivity contribution in [3.63, 3.8) is 0 Å². The summed E-state index contributed by atoms with van der Waals surface area (Å²) in [5, 5.41) is 5.35. The van der Waals surface area contributed by atoms with Crippen LogP contribution in [0.4, 0.5) is 0 Å². The van der Waals surface area contributed by atoms with Crippen LogP contribution in [0.2, 0.25) is 0 Å². The third-order valence-electron chi connectivity index (χ3n) is 3.11. The van der Waals surface area contributed by atoms with Crippen LogP contribution in [0.1, 0.15) is 25.3 Å². The van der Waals surface area contributed by atoms with Crippen molar-refractivity contribution in [3.8, 4) is 11.5 Å². The molecule has 0 radical (unpaired) electrons. The number of carbonyl (C=O) groups excluding carboxylic acids is 2. The van der Waals surface area contributed by atoms with Gasteiger partial charge in [-0.15, -0.1) is 0 Å². The topological polar surface area (TPSA) is 76.7 Å². The minimum Gasteiger partial charge on any atom is -0.493 e. The van der Waals surface area contributed by atoms with E-state index in [0.29, 0.717) is 18.0 Å². The van der Waals surface area contributed by atoms with Crippen LogP contribution in [0, 0.1) is 0 Å². The molecule has 0 aliphatic heterocycles. The second-order valence-electron chi connectivity index (χ2n) is 4.85. The fourth-order valence-corrected chi connectivity index (χ4v) is 1.88. The molecule has 0 aliphatic rings. The third-order valence-corrected chi connectivity index (χ3v) is 3.11. The van der Waals surface area contributed by atoms with Crippen LogP contribution in [0.5, 0.6) is 11.5 Å². The molecule has 6 nitrogen and oxygen atoms in total. The van der Waals surface area contributed by atoms with Crippen molar-refractivity contribution in [3.05, 3.63) is 23.8 Å². The average molecular weight is 308 g/mol. The van der Waals surface area contributed by atoms with E-state index in [1.165, 1.54) is 0 Å². The monoisotopic (exact) mass is 308 g/mol. The number of ether oxygens (including phenoxy) is 2. The zero-order valence-corrected chi connectivity index (χ0v) is 13.4. The molecule has 0 aromatic heterocycles. The molecule has 2 N–H and O–H groups in total. The smallest absolute Gasteiger partial charge is 0.239 e. The fraction of sp³-hybridized carbons (Fsp3) is 0.500. The first-order valence-electron chi connectivity index (χ1n) is 7.35. The van der Waals surface area contributed by atoms with E-state index in [1.807, 2.05) is 0 Å². The number of benzene rings is 1. The van der Waals surface area contributed by atoms with Crippen LogP contribution in [-0.4, -0.2) is 39.1 Å². The SMILES string of the molecule is CCCCNC(=O)CNC(=O)Cc1ccc(OC)c(OC)c1. The van der Waals surface area contributed by atoms with E-state index in [4.69, 9.17) is 9.47 Å². The minimum atomic E-state index is -0.210. The normalized spacial score (nSPS) is 9.95. The van der Waals surface area contributed by atoms with E-state index < -0.39 is 0 Å². The maximum Gasteiger partial charge on any atom is 0.239 e. The van der Waals surface area contributed by atoms with Crippen LogP contribution in [0.25, 0.3) is 0 Å². The lowest BCUT2D eigenvalue weighted by Crippen LogP contribution is -2.37. The Morgan fingerprint density at radius 2 is 1.77 bits per heavy atom. The summed E-state index contributed by atoms with van der Waals surface area (Å²) in [5.74, 6) is 0.805. The highest BCUT2D eigenvalue weighted by Crippen LogP contribution is 2.27. The number of nitrogens with one attached hydrogen (secondary N) is 2. The third kappa shape index (κ3) is 6.03. The predicted octanol–water partition coefficient (Wildman–Crippen LogP) is 1.28. The summed E-state index contributed by atoms with van der Waals surface area (Å²) in [7, 11) is 3.10. The van der Waals surface area contributed by atoms with Gasteiger partial charge in [-0.05, 0) is 24.1 Å². The van der Waals surface area contributed by atoms with Gasteiger partial charge in [0.05, 0.1) is 27.2 Å². The van der Waals surface area contributed by atoms with Crippen LogP contribution in [-0.2, 0) is 16.0 Å². The second-order valence-corrected chi connectivity index (χ2v) is 4.85. The first-order valence-corrected chi connectivity index (χ1v) is 7.35. The van der Waals surface area contributed by atoms with E-state index in [0.717, 1.165) is 18.4 Å². The van der Waals surface area contributed by atoms with Crippen LogP contribution >= 0.6 is 0 Å². The molecule has 1 aromatic rings. The van der Waals surface area contributed by atoms with E-state index in [1.54, 1.807) is 32.4 Å². The summed E-state index contributed by atoms with van der Waals surface area (Å²) in [5.41, 5.74) is 0.793. The van der Waals surface area contributed by atoms with Crippen LogP contribution in [0.3, 0.4) is 0 Å². The Balaban J connectivity index is 2.43.